The minimum absolute atomic E-state index is 0.306. The molecule has 3 rings (SSSR count). The van der Waals surface area contributed by atoms with Gasteiger partial charge in [0.2, 0.25) is 0 Å². The molecule has 0 fully saturated rings. The first-order chi connectivity index (χ1) is 10.1. The summed E-state index contributed by atoms with van der Waals surface area (Å²) >= 11 is 1.69. The van der Waals surface area contributed by atoms with Crippen molar-refractivity contribution in [3.05, 3.63) is 40.6 Å². The Bertz CT molecular complexity index is 717. The first-order valence-electron chi connectivity index (χ1n) is 7.12. The van der Waals surface area contributed by atoms with E-state index in [1.54, 1.807) is 17.5 Å². The van der Waals surface area contributed by atoms with Crippen LogP contribution in [0.3, 0.4) is 0 Å². The molecule has 0 radical (unpaired) electrons. The van der Waals surface area contributed by atoms with E-state index in [0.717, 1.165) is 23.6 Å². The molecule has 0 bridgehead atoms. The van der Waals surface area contributed by atoms with Gasteiger partial charge in [0, 0.05) is 41.4 Å². The van der Waals surface area contributed by atoms with Crippen molar-refractivity contribution in [3.63, 3.8) is 0 Å². The largest absolute Gasteiger partial charge is 0.367 e. The van der Waals surface area contributed by atoms with Gasteiger partial charge in [-0.3, -0.25) is 4.98 Å². The van der Waals surface area contributed by atoms with Gasteiger partial charge in [0.05, 0.1) is 11.7 Å². The fourth-order valence-corrected chi connectivity index (χ4v) is 3.00. The number of thiazole rings is 1. The van der Waals surface area contributed by atoms with E-state index in [1.807, 2.05) is 22.3 Å². The molecule has 0 amide bonds. The van der Waals surface area contributed by atoms with Gasteiger partial charge in [-0.15, -0.1) is 11.3 Å². The molecule has 0 aliphatic heterocycles. The van der Waals surface area contributed by atoms with E-state index in [9.17, 15) is 0 Å². The lowest BCUT2D eigenvalue weighted by molar-refractivity contribution is 0.766. The van der Waals surface area contributed by atoms with E-state index >= 15 is 0 Å². The lowest BCUT2D eigenvalue weighted by Gasteiger charge is -2.17. The highest BCUT2D eigenvalue weighted by atomic mass is 32.1. The molecule has 0 saturated heterocycles. The van der Waals surface area contributed by atoms with Gasteiger partial charge < -0.3 is 5.32 Å². The summed E-state index contributed by atoms with van der Waals surface area (Å²) in [7, 11) is 0. The molecule has 3 aromatic rings. The lowest BCUT2D eigenvalue weighted by Crippen LogP contribution is -2.20. The predicted octanol–water partition coefficient (Wildman–Crippen LogP) is 3.35. The normalized spacial score (nSPS) is 13.0. The van der Waals surface area contributed by atoms with E-state index in [-0.39, 0.29) is 0 Å². The first-order valence-corrected chi connectivity index (χ1v) is 8.00. The molecule has 0 aliphatic rings. The zero-order valence-corrected chi connectivity index (χ0v) is 13.3. The van der Waals surface area contributed by atoms with E-state index in [2.05, 4.69) is 47.2 Å². The van der Waals surface area contributed by atoms with Crippen molar-refractivity contribution in [2.24, 2.45) is 0 Å². The summed E-state index contributed by atoms with van der Waals surface area (Å²) in [6, 6.07) is 4.33. The Labute approximate surface area is 128 Å². The van der Waals surface area contributed by atoms with Crippen LogP contribution in [-0.4, -0.2) is 25.6 Å². The minimum Gasteiger partial charge on any atom is -0.367 e. The maximum Gasteiger partial charge on any atom is 0.157 e. The molecule has 5 nitrogen and oxygen atoms in total. The molecule has 0 unspecified atom stereocenters. The molecule has 0 aromatic carbocycles. The van der Waals surface area contributed by atoms with Gasteiger partial charge in [-0.1, -0.05) is 13.8 Å². The number of nitrogens with zero attached hydrogens (tertiary/aromatic N) is 4. The van der Waals surface area contributed by atoms with Crippen molar-refractivity contribution in [3.8, 4) is 0 Å². The number of aromatic nitrogens is 4. The Hall–Kier alpha value is -1.95. The van der Waals surface area contributed by atoms with Crippen molar-refractivity contribution >= 4 is 22.8 Å². The molecule has 3 heterocycles. The van der Waals surface area contributed by atoms with Crippen LogP contribution in [-0.2, 0) is 6.42 Å². The van der Waals surface area contributed by atoms with Crippen molar-refractivity contribution in [2.75, 3.05) is 5.32 Å². The fraction of sp³-hybridized carbons (Fsp3) is 0.400. The van der Waals surface area contributed by atoms with Gasteiger partial charge in [-0.2, -0.15) is 9.61 Å². The summed E-state index contributed by atoms with van der Waals surface area (Å²) in [5.74, 6) is 1.38. The van der Waals surface area contributed by atoms with Gasteiger partial charge in [0.1, 0.15) is 5.82 Å². The summed E-state index contributed by atoms with van der Waals surface area (Å²) in [5.41, 5.74) is 3.83. The van der Waals surface area contributed by atoms with Crippen LogP contribution in [0, 0.1) is 0 Å². The average Bonchev–Trinajstić information content (AvgIpc) is 3.08. The molecule has 0 spiro atoms. The second-order valence-electron chi connectivity index (χ2n) is 5.54. The summed E-state index contributed by atoms with van der Waals surface area (Å²) < 4.78 is 1.86. The number of hydrogen-bond acceptors (Lipinski definition) is 5. The Kier molecular flexibility index (Phi) is 3.88. The standard InChI is InChI=1S/C15H19N5S/c1-10(2)13-7-15(20-14(19-13)4-5-17-20)18-11(3)6-12-8-16-9-21-12/h4-5,7-11,18H,6H2,1-3H3/t11-/m0/s1. The fourth-order valence-electron chi connectivity index (χ4n) is 2.28. The van der Waals surface area contributed by atoms with Gasteiger partial charge in [-0.05, 0) is 12.8 Å². The van der Waals surface area contributed by atoms with Crippen LogP contribution in [0.1, 0.15) is 37.3 Å². The van der Waals surface area contributed by atoms with Crippen molar-refractivity contribution in [1.82, 2.24) is 19.6 Å². The van der Waals surface area contributed by atoms with Crippen LogP contribution in [0.4, 0.5) is 5.82 Å². The van der Waals surface area contributed by atoms with E-state index in [1.165, 1.54) is 4.88 Å². The molecular weight excluding hydrogens is 282 g/mol. The molecule has 110 valence electrons. The van der Waals surface area contributed by atoms with Crippen molar-refractivity contribution in [1.29, 1.82) is 0 Å². The molecule has 1 N–H and O–H groups in total. The second kappa shape index (κ2) is 5.81. The second-order valence-corrected chi connectivity index (χ2v) is 6.51. The lowest BCUT2D eigenvalue weighted by atomic mass is 10.1. The van der Waals surface area contributed by atoms with Crippen LogP contribution in [0.5, 0.6) is 0 Å². The molecular formula is C15H19N5S. The highest BCUT2D eigenvalue weighted by Gasteiger charge is 2.12. The summed E-state index contributed by atoms with van der Waals surface area (Å²) in [4.78, 5) is 10.0. The number of fused-ring (bicyclic) bond motifs is 1. The highest BCUT2D eigenvalue weighted by molar-refractivity contribution is 7.09. The number of rotatable bonds is 5. The predicted molar refractivity (Wildman–Crippen MR) is 86.0 cm³/mol. The van der Waals surface area contributed by atoms with Crippen LogP contribution >= 0.6 is 11.3 Å². The Balaban J connectivity index is 1.86. The maximum atomic E-state index is 4.63. The van der Waals surface area contributed by atoms with E-state index < -0.39 is 0 Å². The van der Waals surface area contributed by atoms with Crippen LogP contribution in [0.15, 0.2) is 30.0 Å². The van der Waals surface area contributed by atoms with Crippen LogP contribution in [0.25, 0.3) is 5.65 Å². The number of hydrogen-bond donors (Lipinski definition) is 1. The zero-order chi connectivity index (χ0) is 14.8. The molecule has 0 saturated carbocycles. The SMILES string of the molecule is CC(C)c1cc(N[C@@H](C)Cc2cncs2)n2nccc2n1. The van der Waals surface area contributed by atoms with Crippen molar-refractivity contribution < 1.29 is 0 Å². The number of anilines is 1. The first kappa shape index (κ1) is 14.0. The number of nitrogens with one attached hydrogen (secondary N) is 1. The average molecular weight is 301 g/mol. The molecule has 1 atom stereocenters. The third kappa shape index (κ3) is 3.05. The third-order valence-electron chi connectivity index (χ3n) is 3.36. The monoisotopic (exact) mass is 301 g/mol. The van der Waals surface area contributed by atoms with E-state index in [4.69, 9.17) is 0 Å². The minimum atomic E-state index is 0.306. The van der Waals surface area contributed by atoms with Gasteiger partial charge in [-0.25, -0.2) is 4.98 Å². The molecule has 6 heteroatoms. The van der Waals surface area contributed by atoms with Gasteiger partial charge >= 0.3 is 0 Å². The quantitative estimate of drug-likeness (QED) is 0.785. The molecule has 21 heavy (non-hydrogen) atoms. The summed E-state index contributed by atoms with van der Waals surface area (Å²) in [5, 5.41) is 7.90. The highest BCUT2D eigenvalue weighted by Crippen LogP contribution is 2.20. The van der Waals surface area contributed by atoms with Crippen molar-refractivity contribution in [2.45, 2.75) is 39.2 Å². The Morgan fingerprint density at radius 2 is 2.19 bits per heavy atom. The van der Waals surface area contributed by atoms with Crippen LogP contribution < -0.4 is 5.32 Å². The Morgan fingerprint density at radius 3 is 2.90 bits per heavy atom. The van der Waals surface area contributed by atoms with E-state index in [0.29, 0.717) is 12.0 Å². The summed E-state index contributed by atoms with van der Waals surface area (Å²) in [6.07, 6.45) is 4.66. The smallest absolute Gasteiger partial charge is 0.157 e. The molecule has 3 aromatic heterocycles. The van der Waals surface area contributed by atoms with Crippen LogP contribution in [0.2, 0.25) is 0 Å². The zero-order valence-electron chi connectivity index (χ0n) is 12.4. The Morgan fingerprint density at radius 1 is 1.33 bits per heavy atom. The van der Waals surface area contributed by atoms with Gasteiger partial charge in [0.25, 0.3) is 0 Å². The maximum absolute atomic E-state index is 4.63. The topological polar surface area (TPSA) is 55.1 Å². The molecule has 0 aliphatic carbocycles. The third-order valence-corrected chi connectivity index (χ3v) is 4.16. The van der Waals surface area contributed by atoms with Gasteiger partial charge in [0.15, 0.2) is 5.65 Å². The summed E-state index contributed by atoms with van der Waals surface area (Å²) in [6.45, 7) is 6.48.